The van der Waals surface area contributed by atoms with Gasteiger partial charge in [-0.05, 0) is 56.9 Å². The third-order valence-corrected chi connectivity index (χ3v) is 6.28. The van der Waals surface area contributed by atoms with Gasteiger partial charge < -0.3 is 10.1 Å². The predicted octanol–water partition coefficient (Wildman–Crippen LogP) is 6.09. The summed E-state index contributed by atoms with van der Waals surface area (Å²) in [6, 6.07) is 9.21. The third-order valence-electron chi connectivity index (χ3n) is 6.28. The molecule has 25 heavy (non-hydrogen) atoms. The Labute approximate surface area is 154 Å². The molecule has 2 saturated carbocycles. The molecule has 1 N–H and O–H groups in total. The second-order valence-corrected chi connectivity index (χ2v) is 8.63. The first-order valence-electron chi connectivity index (χ1n) is 10.7. The fourth-order valence-corrected chi connectivity index (χ4v) is 4.58. The maximum atomic E-state index is 6.38. The highest BCUT2D eigenvalue weighted by atomic mass is 16.5. The summed E-state index contributed by atoms with van der Waals surface area (Å²) < 4.78 is 6.38. The molecule has 0 radical (unpaired) electrons. The lowest BCUT2D eigenvalue weighted by Crippen LogP contribution is -2.29. The molecule has 0 amide bonds. The Morgan fingerprint density at radius 1 is 1.00 bits per heavy atom. The van der Waals surface area contributed by atoms with Crippen LogP contribution in [0.25, 0.3) is 0 Å². The molecule has 0 heterocycles. The first-order chi connectivity index (χ1) is 12.2. The molecule has 0 saturated heterocycles. The van der Waals surface area contributed by atoms with Crippen molar-refractivity contribution in [3.8, 4) is 5.75 Å². The van der Waals surface area contributed by atoms with Crippen LogP contribution < -0.4 is 10.1 Å². The fourth-order valence-electron chi connectivity index (χ4n) is 4.58. The summed E-state index contributed by atoms with van der Waals surface area (Å²) in [5, 5.41) is 3.75. The van der Waals surface area contributed by atoms with Crippen molar-refractivity contribution in [1.29, 1.82) is 0 Å². The lowest BCUT2D eigenvalue weighted by molar-refractivity contribution is 0.134. The minimum atomic E-state index is 0.414. The molecule has 1 aromatic rings. The van der Waals surface area contributed by atoms with Crippen LogP contribution in [-0.2, 0) is 6.54 Å². The van der Waals surface area contributed by atoms with E-state index in [4.69, 9.17) is 4.74 Å². The van der Waals surface area contributed by atoms with Crippen LogP contribution in [0.2, 0.25) is 0 Å². The average molecular weight is 344 g/mol. The molecule has 1 aromatic carbocycles. The van der Waals surface area contributed by atoms with Crippen molar-refractivity contribution in [3.63, 3.8) is 0 Å². The van der Waals surface area contributed by atoms with Gasteiger partial charge in [0.15, 0.2) is 0 Å². The Bertz CT molecular complexity index is 501. The van der Waals surface area contributed by atoms with Crippen LogP contribution in [0.4, 0.5) is 0 Å². The van der Waals surface area contributed by atoms with Gasteiger partial charge in [0.1, 0.15) is 5.75 Å². The van der Waals surface area contributed by atoms with Gasteiger partial charge in [0.2, 0.25) is 0 Å². The zero-order valence-corrected chi connectivity index (χ0v) is 16.3. The Balaban J connectivity index is 1.48. The monoisotopic (exact) mass is 343 g/mol. The van der Waals surface area contributed by atoms with Gasteiger partial charge in [-0.2, -0.15) is 0 Å². The number of rotatable bonds is 7. The molecule has 0 aromatic heterocycles. The molecule has 2 aliphatic rings. The van der Waals surface area contributed by atoms with E-state index < -0.39 is 0 Å². The molecule has 0 aliphatic heterocycles. The highest BCUT2D eigenvalue weighted by Gasteiger charge is 2.21. The molecular weight excluding hydrogens is 306 g/mol. The molecule has 2 fully saturated rings. The molecule has 0 spiro atoms. The van der Waals surface area contributed by atoms with E-state index in [0.717, 1.165) is 24.1 Å². The molecule has 2 nitrogen and oxygen atoms in total. The van der Waals surface area contributed by atoms with Gasteiger partial charge in [-0.1, -0.05) is 57.2 Å². The zero-order valence-electron chi connectivity index (χ0n) is 16.3. The van der Waals surface area contributed by atoms with Crippen LogP contribution in [0.5, 0.6) is 5.75 Å². The number of benzene rings is 1. The number of para-hydroxylation sites is 1. The van der Waals surface area contributed by atoms with Crippen LogP contribution in [0, 0.1) is 11.8 Å². The van der Waals surface area contributed by atoms with Gasteiger partial charge in [-0.15, -0.1) is 0 Å². The van der Waals surface area contributed by atoms with E-state index in [1.165, 1.54) is 69.8 Å². The van der Waals surface area contributed by atoms with E-state index in [9.17, 15) is 0 Å². The summed E-state index contributed by atoms with van der Waals surface area (Å²) >= 11 is 0. The summed E-state index contributed by atoms with van der Waals surface area (Å²) in [5.41, 5.74) is 1.32. The molecule has 0 bridgehead atoms. The highest BCUT2D eigenvalue weighted by molar-refractivity contribution is 5.33. The van der Waals surface area contributed by atoms with Gasteiger partial charge in [0.25, 0.3) is 0 Å². The first-order valence-corrected chi connectivity index (χ1v) is 10.7. The van der Waals surface area contributed by atoms with Crippen molar-refractivity contribution in [1.82, 2.24) is 5.32 Å². The van der Waals surface area contributed by atoms with Crippen molar-refractivity contribution >= 4 is 0 Å². The molecular formula is C23H37NO. The summed E-state index contributed by atoms with van der Waals surface area (Å²) in [6.07, 6.45) is 14.0. The second-order valence-electron chi connectivity index (χ2n) is 8.63. The normalized spacial score (nSPS) is 26.3. The van der Waals surface area contributed by atoms with Crippen LogP contribution >= 0.6 is 0 Å². The van der Waals surface area contributed by atoms with Gasteiger partial charge >= 0.3 is 0 Å². The SMILES string of the molecule is CC1CCC(Oc2ccccc2CNC(C)CC2CCCCC2)CC1. The number of nitrogens with one attached hydrogen (secondary N) is 1. The van der Waals surface area contributed by atoms with E-state index in [0.29, 0.717) is 12.1 Å². The Morgan fingerprint density at radius 3 is 2.48 bits per heavy atom. The van der Waals surface area contributed by atoms with Crippen LogP contribution in [0.3, 0.4) is 0 Å². The molecule has 2 heteroatoms. The Kier molecular flexibility index (Phi) is 7.22. The van der Waals surface area contributed by atoms with Gasteiger partial charge in [0.05, 0.1) is 6.10 Å². The summed E-state index contributed by atoms with van der Waals surface area (Å²) in [4.78, 5) is 0. The van der Waals surface area contributed by atoms with Crippen molar-refractivity contribution in [2.45, 2.75) is 96.7 Å². The second kappa shape index (κ2) is 9.62. The summed E-state index contributed by atoms with van der Waals surface area (Å²) in [6.45, 7) is 5.63. The average Bonchev–Trinajstić information content (AvgIpc) is 2.64. The van der Waals surface area contributed by atoms with Crippen molar-refractivity contribution in [3.05, 3.63) is 29.8 Å². The van der Waals surface area contributed by atoms with Crippen molar-refractivity contribution in [2.75, 3.05) is 0 Å². The zero-order chi connectivity index (χ0) is 17.5. The topological polar surface area (TPSA) is 21.3 Å². The fraction of sp³-hybridized carbons (Fsp3) is 0.739. The molecule has 3 rings (SSSR count). The van der Waals surface area contributed by atoms with Crippen LogP contribution in [0.1, 0.15) is 83.6 Å². The van der Waals surface area contributed by atoms with Crippen LogP contribution in [0.15, 0.2) is 24.3 Å². The molecule has 1 unspecified atom stereocenters. The number of hydrogen-bond acceptors (Lipinski definition) is 2. The molecule has 1 atom stereocenters. The smallest absolute Gasteiger partial charge is 0.124 e. The van der Waals surface area contributed by atoms with E-state index in [-0.39, 0.29) is 0 Å². The van der Waals surface area contributed by atoms with E-state index >= 15 is 0 Å². The third kappa shape index (κ3) is 6.02. The largest absolute Gasteiger partial charge is 0.490 e. The molecule has 2 aliphatic carbocycles. The minimum Gasteiger partial charge on any atom is -0.490 e. The van der Waals surface area contributed by atoms with Crippen LogP contribution in [-0.4, -0.2) is 12.1 Å². The Hall–Kier alpha value is -1.02. The first kappa shape index (κ1) is 18.8. The number of hydrogen-bond donors (Lipinski definition) is 1. The predicted molar refractivity (Wildman–Crippen MR) is 106 cm³/mol. The molecule has 140 valence electrons. The lowest BCUT2D eigenvalue weighted by Gasteiger charge is -2.28. The Morgan fingerprint density at radius 2 is 1.72 bits per heavy atom. The summed E-state index contributed by atoms with van der Waals surface area (Å²) in [7, 11) is 0. The maximum absolute atomic E-state index is 6.38. The number of ether oxygens (including phenoxy) is 1. The van der Waals surface area contributed by atoms with E-state index in [1.807, 2.05) is 0 Å². The van der Waals surface area contributed by atoms with Crippen molar-refractivity contribution < 1.29 is 4.74 Å². The quantitative estimate of drug-likeness (QED) is 0.646. The summed E-state index contributed by atoms with van der Waals surface area (Å²) in [5.74, 6) is 2.91. The van der Waals surface area contributed by atoms with E-state index in [1.54, 1.807) is 0 Å². The van der Waals surface area contributed by atoms with Gasteiger partial charge in [0, 0.05) is 18.2 Å². The highest BCUT2D eigenvalue weighted by Crippen LogP contribution is 2.29. The van der Waals surface area contributed by atoms with Crippen molar-refractivity contribution in [2.24, 2.45) is 11.8 Å². The van der Waals surface area contributed by atoms with E-state index in [2.05, 4.69) is 43.4 Å². The minimum absolute atomic E-state index is 0.414. The van der Waals surface area contributed by atoms with Gasteiger partial charge in [-0.25, -0.2) is 0 Å². The lowest BCUT2D eigenvalue weighted by atomic mass is 9.85. The van der Waals surface area contributed by atoms with Gasteiger partial charge in [-0.3, -0.25) is 0 Å². The standard InChI is InChI=1S/C23H37NO/c1-18-12-14-22(15-13-18)25-23-11-7-6-10-21(23)17-24-19(2)16-20-8-4-3-5-9-20/h6-7,10-11,18-20,22,24H,3-5,8-9,12-17H2,1-2H3. The maximum Gasteiger partial charge on any atom is 0.124 e.